The number of aliphatic hydroxyl groups is 2. The average Bonchev–Trinajstić information content (AvgIpc) is 3.32. The molecule has 0 aliphatic carbocycles. The van der Waals surface area contributed by atoms with Gasteiger partial charge in [-0.05, 0) is 103 Å². The molecule has 0 radical (unpaired) electrons. The Balaban J connectivity index is 3.65. The number of nitrogens with one attached hydrogen (secondary N) is 1. The van der Waals surface area contributed by atoms with E-state index in [-0.39, 0.29) is 12.5 Å². The predicted octanol–water partition coefficient (Wildman–Crippen LogP) is 18.2. The van der Waals surface area contributed by atoms with E-state index in [1.54, 1.807) is 6.08 Å². The highest BCUT2D eigenvalue weighted by atomic mass is 16.3. The standard InChI is InChI=1S/C62H103NO3/c1-3-5-7-9-11-13-15-17-19-21-22-23-24-25-26-27-28-29-30-31-32-33-34-35-36-37-38-39-40-42-44-46-48-50-52-54-56-58-62(66)63-60(59-64)61(65)57-55-53-51-49-47-45-43-41-20-18-16-14-12-10-8-6-4-2/h5,7,11,13,17,19,22-23,25-26,28-29,31-32,34-35,37-38,47,49,55,57,60-61,64-65H,3-4,6,8-10,12,14-16,18,20-21,24,27,30,33,36,39-46,48,50-54,56,58-59H2,1-2H3,(H,63,66)/b7-5-,13-11-,19-17-,23-22-,26-25-,29-28-,32-31-,35-34-,38-37-,49-47+,57-55+. The van der Waals surface area contributed by atoms with Crippen molar-refractivity contribution >= 4 is 5.91 Å². The first-order chi connectivity index (χ1) is 32.7. The highest BCUT2D eigenvalue weighted by Gasteiger charge is 2.17. The molecule has 0 aliphatic rings. The summed E-state index contributed by atoms with van der Waals surface area (Å²) < 4.78 is 0. The molecule has 0 saturated heterocycles. The van der Waals surface area contributed by atoms with E-state index < -0.39 is 12.1 Å². The van der Waals surface area contributed by atoms with E-state index in [0.717, 1.165) is 96.3 Å². The van der Waals surface area contributed by atoms with Crippen molar-refractivity contribution < 1.29 is 15.0 Å². The third-order valence-electron chi connectivity index (χ3n) is 11.6. The van der Waals surface area contributed by atoms with Crippen molar-refractivity contribution in [2.24, 2.45) is 0 Å². The Morgan fingerprint density at radius 3 is 1.06 bits per heavy atom. The Hall–Kier alpha value is -3.47. The first-order valence-corrected chi connectivity index (χ1v) is 27.4. The molecule has 4 nitrogen and oxygen atoms in total. The molecule has 3 N–H and O–H groups in total. The van der Waals surface area contributed by atoms with Crippen LogP contribution in [0.1, 0.15) is 232 Å². The number of allylic oxidation sites excluding steroid dienone is 21. The number of carbonyl (C=O) groups excluding carboxylic acids is 1. The molecule has 66 heavy (non-hydrogen) atoms. The highest BCUT2D eigenvalue weighted by Crippen LogP contribution is 2.14. The summed E-state index contributed by atoms with van der Waals surface area (Å²) in [6.45, 7) is 4.17. The zero-order valence-electron chi connectivity index (χ0n) is 42.9. The van der Waals surface area contributed by atoms with Crippen molar-refractivity contribution in [2.45, 2.75) is 244 Å². The molecule has 0 saturated carbocycles. The molecule has 0 spiro atoms. The molecule has 2 atom stereocenters. The number of carbonyl (C=O) groups is 1. The van der Waals surface area contributed by atoms with E-state index in [9.17, 15) is 15.0 Å². The van der Waals surface area contributed by atoms with Gasteiger partial charge < -0.3 is 15.5 Å². The summed E-state index contributed by atoms with van der Waals surface area (Å²) in [5.74, 6) is -0.0857. The van der Waals surface area contributed by atoms with Crippen LogP contribution in [0.4, 0.5) is 0 Å². The van der Waals surface area contributed by atoms with Crippen LogP contribution in [0.25, 0.3) is 0 Å². The van der Waals surface area contributed by atoms with Crippen molar-refractivity contribution in [2.75, 3.05) is 6.61 Å². The number of rotatable bonds is 48. The van der Waals surface area contributed by atoms with Gasteiger partial charge in [-0.1, -0.05) is 257 Å². The lowest BCUT2D eigenvalue weighted by Crippen LogP contribution is -2.45. The Bertz CT molecular complexity index is 1350. The van der Waals surface area contributed by atoms with Gasteiger partial charge in [0, 0.05) is 6.42 Å². The minimum absolute atomic E-state index is 0.0857. The number of hydrogen-bond donors (Lipinski definition) is 3. The van der Waals surface area contributed by atoms with Crippen LogP contribution in [0.5, 0.6) is 0 Å². The van der Waals surface area contributed by atoms with Crippen LogP contribution in [0, 0.1) is 0 Å². The fourth-order valence-electron chi connectivity index (χ4n) is 7.48. The van der Waals surface area contributed by atoms with Crippen molar-refractivity contribution in [1.29, 1.82) is 0 Å². The third kappa shape index (κ3) is 51.5. The zero-order valence-corrected chi connectivity index (χ0v) is 42.9. The van der Waals surface area contributed by atoms with E-state index in [1.807, 2.05) is 6.08 Å². The average molecular weight is 911 g/mol. The Kier molecular flexibility index (Phi) is 52.9. The van der Waals surface area contributed by atoms with E-state index in [4.69, 9.17) is 0 Å². The third-order valence-corrected chi connectivity index (χ3v) is 11.6. The maximum atomic E-state index is 12.5. The molecule has 0 bridgehead atoms. The fraction of sp³-hybridized carbons (Fsp3) is 0.629. The summed E-state index contributed by atoms with van der Waals surface area (Å²) >= 11 is 0. The van der Waals surface area contributed by atoms with E-state index in [1.165, 1.54) is 116 Å². The summed E-state index contributed by atoms with van der Waals surface area (Å²) in [5, 5.41) is 23.1. The topological polar surface area (TPSA) is 69.6 Å². The maximum Gasteiger partial charge on any atom is 0.220 e. The molecule has 0 aromatic carbocycles. The van der Waals surface area contributed by atoms with Gasteiger partial charge in [-0.3, -0.25) is 4.79 Å². The fourth-order valence-corrected chi connectivity index (χ4v) is 7.48. The van der Waals surface area contributed by atoms with Gasteiger partial charge in [0.15, 0.2) is 0 Å². The van der Waals surface area contributed by atoms with Crippen LogP contribution in [0.2, 0.25) is 0 Å². The van der Waals surface area contributed by atoms with Crippen molar-refractivity contribution in [1.82, 2.24) is 5.32 Å². The first kappa shape index (κ1) is 62.5. The molecular formula is C62H103NO3. The van der Waals surface area contributed by atoms with Gasteiger partial charge >= 0.3 is 0 Å². The second-order valence-electron chi connectivity index (χ2n) is 17.9. The van der Waals surface area contributed by atoms with Gasteiger partial charge in [-0.25, -0.2) is 0 Å². The molecule has 4 heteroatoms. The monoisotopic (exact) mass is 910 g/mol. The van der Waals surface area contributed by atoms with E-state index >= 15 is 0 Å². The van der Waals surface area contributed by atoms with Gasteiger partial charge in [0.25, 0.3) is 0 Å². The zero-order chi connectivity index (χ0) is 47.7. The van der Waals surface area contributed by atoms with Gasteiger partial charge in [-0.15, -0.1) is 0 Å². The largest absolute Gasteiger partial charge is 0.394 e. The van der Waals surface area contributed by atoms with Crippen LogP contribution >= 0.6 is 0 Å². The summed E-state index contributed by atoms with van der Waals surface area (Å²) in [4.78, 5) is 12.5. The van der Waals surface area contributed by atoms with Crippen LogP contribution in [0.15, 0.2) is 134 Å². The number of amides is 1. The molecule has 0 fully saturated rings. The van der Waals surface area contributed by atoms with Crippen LogP contribution in [0.3, 0.4) is 0 Å². The summed E-state index contributed by atoms with van der Waals surface area (Å²) in [7, 11) is 0. The lowest BCUT2D eigenvalue weighted by Gasteiger charge is -2.19. The number of aliphatic hydroxyl groups excluding tert-OH is 2. The van der Waals surface area contributed by atoms with Crippen LogP contribution in [-0.2, 0) is 4.79 Å². The quantitative estimate of drug-likeness (QED) is 0.0421. The van der Waals surface area contributed by atoms with Crippen molar-refractivity contribution in [3.63, 3.8) is 0 Å². The maximum absolute atomic E-state index is 12.5. The molecule has 0 heterocycles. The normalized spacial score (nSPS) is 13.9. The smallest absolute Gasteiger partial charge is 0.220 e. The number of hydrogen-bond acceptors (Lipinski definition) is 3. The van der Waals surface area contributed by atoms with Gasteiger partial charge in [0.2, 0.25) is 5.91 Å². The molecule has 0 aromatic heterocycles. The molecule has 0 aliphatic heterocycles. The summed E-state index contributed by atoms with van der Waals surface area (Å²) in [5.41, 5.74) is 0. The molecule has 0 rings (SSSR count). The molecule has 374 valence electrons. The van der Waals surface area contributed by atoms with E-state index in [0.29, 0.717) is 6.42 Å². The summed E-state index contributed by atoms with van der Waals surface area (Å²) in [6.07, 6.45) is 87.4. The second-order valence-corrected chi connectivity index (χ2v) is 17.9. The van der Waals surface area contributed by atoms with Gasteiger partial charge in [0.05, 0.1) is 18.8 Å². The predicted molar refractivity (Wildman–Crippen MR) is 294 cm³/mol. The SMILES string of the molecule is CC/C=C\C/C=C\C/C=C\C/C=C\C/C=C\C/C=C\C/C=C\C/C=C\C/C=C\CCCCCCCCCCCC(=O)NC(CO)C(O)/C=C/CC/C=C/CCCCCCCCCCCCC. The Morgan fingerprint density at radius 2 is 0.682 bits per heavy atom. The van der Waals surface area contributed by atoms with Crippen LogP contribution in [-0.4, -0.2) is 34.9 Å². The first-order valence-electron chi connectivity index (χ1n) is 27.4. The molecule has 0 aromatic rings. The van der Waals surface area contributed by atoms with Crippen LogP contribution < -0.4 is 5.32 Å². The highest BCUT2D eigenvalue weighted by molar-refractivity contribution is 5.76. The van der Waals surface area contributed by atoms with Gasteiger partial charge in [-0.2, -0.15) is 0 Å². The van der Waals surface area contributed by atoms with Crippen molar-refractivity contribution in [3.05, 3.63) is 134 Å². The van der Waals surface area contributed by atoms with E-state index in [2.05, 4.69) is 141 Å². The Labute approximate surface area is 409 Å². The lowest BCUT2D eigenvalue weighted by atomic mass is 10.0. The molecular weight excluding hydrogens is 807 g/mol. The summed E-state index contributed by atoms with van der Waals surface area (Å²) in [6, 6.07) is -0.652. The van der Waals surface area contributed by atoms with Gasteiger partial charge in [0.1, 0.15) is 0 Å². The second kappa shape index (κ2) is 55.9. The molecule has 2 unspecified atom stereocenters. The minimum Gasteiger partial charge on any atom is -0.394 e. The number of unbranched alkanes of at least 4 members (excludes halogenated alkanes) is 21. The lowest BCUT2D eigenvalue weighted by molar-refractivity contribution is -0.123. The van der Waals surface area contributed by atoms with Crippen molar-refractivity contribution in [3.8, 4) is 0 Å². The Morgan fingerprint density at radius 1 is 0.379 bits per heavy atom. The molecule has 1 amide bonds. The minimum atomic E-state index is -0.873.